The molecule has 0 saturated heterocycles. The van der Waals surface area contributed by atoms with E-state index >= 15 is 0 Å². The molecule has 3 nitrogen and oxygen atoms in total. The van der Waals surface area contributed by atoms with Crippen LogP contribution in [-0.4, -0.2) is 19.7 Å². The summed E-state index contributed by atoms with van der Waals surface area (Å²) in [5.41, 5.74) is 0.827. The average molecular weight is 273 g/mol. The van der Waals surface area contributed by atoms with Crippen molar-refractivity contribution in [2.45, 2.75) is 11.8 Å². The fraction of sp³-hybridized carbons (Fsp3) is 0.364. The van der Waals surface area contributed by atoms with Crippen LogP contribution in [0.1, 0.15) is 17.3 Å². The molecule has 0 radical (unpaired) electrons. The summed E-state index contributed by atoms with van der Waals surface area (Å²) in [4.78, 5) is 11.0. The number of esters is 1. The van der Waals surface area contributed by atoms with Crippen molar-refractivity contribution in [3.05, 3.63) is 29.8 Å². The number of hydrogen-bond acceptors (Lipinski definition) is 3. The fourth-order valence-electron chi connectivity index (χ4n) is 1.15. The highest BCUT2D eigenvalue weighted by molar-refractivity contribution is 9.09. The van der Waals surface area contributed by atoms with Gasteiger partial charge in [-0.2, -0.15) is 0 Å². The van der Waals surface area contributed by atoms with E-state index in [4.69, 9.17) is 9.47 Å². The minimum Gasteiger partial charge on any atom is -0.497 e. The second kappa shape index (κ2) is 5.75. The van der Waals surface area contributed by atoms with E-state index in [-0.39, 0.29) is 5.97 Å². The quantitative estimate of drug-likeness (QED) is 0.625. The van der Waals surface area contributed by atoms with Crippen molar-refractivity contribution in [3.63, 3.8) is 0 Å². The highest BCUT2D eigenvalue weighted by Gasteiger charge is 2.18. The second-order valence-corrected chi connectivity index (χ2v) is 3.81. The Balaban J connectivity index is 2.81. The molecule has 82 valence electrons. The molecule has 0 heterocycles. The molecule has 1 unspecified atom stereocenters. The standard InChI is InChI=1S/C11H13BrO3/c1-3-15-11(13)10(12)8-5-4-6-9(7-8)14-2/h4-7,10H,3H2,1-2H3. The van der Waals surface area contributed by atoms with Crippen molar-refractivity contribution in [3.8, 4) is 5.75 Å². The third-order valence-corrected chi connectivity index (χ3v) is 2.78. The van der Waals surface area contributed by atoms with Gasteiger partial charge in [0.05, 0.1) is 13.7 Å². The molecule has 1 rings (SSSR count). The fourth-order valence-corrected chi connectivity index (χ4v) is 1.57. The van der Waals surface area contributed by atoms with Crippen LogP contribution in [0.25, 0.3) is 0 Å². The summed E-state index contributed by atoms with van der Waals surface area (Å²) in [6.45, 7) is 2.16. The van der Waals surface area contributed by atoms with Gasteiger partial charge in [-0.3, -0.25) is 4.79 Å². The number of alkyl halides is 1. The number of methoxy groups -OCH3 is 1. The molecule has 0 aliphatic heterocycles. The van der Waals surface area contributed by atoms with Crippen LogP contribution in [0.4, 0.5) is 0 Å². The minimum atomic E-state index is -0.437. The topological polar surface area (TPSA) is 35.5 Å². The lowest BCUT2D eigenvalue weighted by Gasteiger charge is -2.10. The Morgan fingerprint density at radius 3 is 2.87 bits per heavy atom. The number of ether oxygens (including phenoxy) is 2. The van der Waals surface area contributed by atoms with Crippen LogP contribution < -0.4 is 4.74 Å². The highest BCUT2D eigenvalue weighted by atomic mass is 79.9. The van der Waals surface area contributed by atoms with E-state index in [0.29, 0.717) is 6.61 Å². The molecular formula is C11H13BrO3. The molecule has 0 amide bonds. The van der Waals surface area contributed by atoms with E-state index in [0.717, 1.165) is 11.3 Å². The van der Waals surface area contributed by atoms with Gasteiger partial charge in [-0.05, 0) is 24.6 Å². The van der Waals surface area contributed by atoms with Crippen LogP contribution in [0.5, 0.6) is 5.75 Å². The molecule has 0 bridgehead atoms. The third-order valence-electron chi connectivity index (χ3n) is 1.88. The van der Waals surface area contributed by atoms with E-state index < -0.39 is 4.83 Å². The summed E-state index contributed by atoms with van der Waals surface area (Å²) in [6, 6.07) is 7.31. The van der Waals surface area contributed by atoms with Crippen molar-refractivity contribution >= 4 is 21.9 Å². The number of rotatable bonds is 4. The Morgan fingerprint density at radius 2 is 2.27 bits per heavy atom. The summed E-state index contributed by atoms with van der Waals surface area (Å²) >= 11 is 3.29. The van der Waals surface area contributed by atoms with Gasteiger partial charge in [0, 0.05) is 0 Å². The Morgan fingerprint density at radius 1 is 1.53 bits per heavy atom. The van der Waals surface area contributed by atoms with E-state index in [1.165, 1.54) is 0 Å². The number of halogens is 1. The predicted octanol–water partition coefficient (Wildman–Crippen LogP) is 2.69. The maximum Gasteiger partial charge on any atom is 0.324 e. The lowest BCUT2D eigenvalue weighted by molar-refractivity contribution is -0.142. The first-order valence-electron chi connectivity index (χ1n) is 4.63. The zero-order valence-electron chi connectivity index (χ0n) is 8.70. The van der Waals surface area contributed by atoms with Crippen LogP contribution >= 0.6 is 15.9 Å². The first kappa shape index (κ1) is 12.0. The highest BCUT2D eigenvalue weighted by Crippen LogP contribution is 2.26. The summed E-state index contributed by atoms with van der Waals surface area (Å²) in [5.74, 6) is 0.437. The predicted molar refractivity (Wildman–Crippen MR) is 61.3 cm³/mol. The molecule has 0 fully saturated rings. The molecule has 0 saturated carbocycles. The number of carbonyl (C=O) groups is 1. The van der Waals surface area contributed by atoms with Gasteiger partial charge in [-0.1, -0.05) is 28.1 Å². The van der Waals surface area contributed by atoms with Crippen molar-refractivity contribution in [2.24, 2.45) is 0 Å². The van der Waals surface area contributed by atoms with Gasteiger partial charge in [-0.25, -0.2) is 0 Å². The SMILES string of the molecule is CCOC(=O)C(Br)c1cccc(OC)c1. The van der Waals surface area contributed by atoms with Crippen molar-refractivity contribution in [1.29, 1.82) is 0 Å². The maximum absolute atomic E-state index is 11.4. The largest absolute Gasteiger partial charge is 0.497 e. The van der Waals surface area contributed by atoms with Crippen molar-refractivity contribution in [1.82, 2.24) is 0 Å². The third kappa shape index (κ3) is 3.23. The average Bonchev–Trinajstić information content (AvgIpc) is 2.28. The number of hydrogen-bond donors (Lipinski definition) is 0. The second-order valence-electron chi connectivity index (χ2n) is 2.89. The van der Waals surface area contributed by atoms with Gasteiger partial charge in [-0.15, -0.1) is 0 Å². The van der Waals surface area contributed by atoms with E-state index in [9.17, 15) is 4.79 Å². The first-order valence-corrected chi connectivity index (χ1v) is 5.55. The van der Waals surface area contributed by atoms with Gasteiger partial charge < -0.3 is 9.47 Å². The van der Waals surface area contributed by atoms with Crippen molar-refractivity contribution in [2.75, 3.05) is 13.7 Å². The van der Waals surface area contributed by atoms with E-state index in [1.54, 1.807) is 20.1 Å². The zero-order valence-corrected chi connectivity index (χ0v) is 10.3. The Hall–Kier alpha value is -1.03. The Kier molecular flexibility index (Phi) is 4.62. The van der Waals surface area contributed by atoms with Crippen LogP contribution in [0.3, 0.4) is 0 Å². The summed E-state index contributed by atoms with van der Waals surface area (Å²) in [5, 5.41) is 0. The van der Waals surface area contributed by atoms with Crippen LogP contribution in [0, 0.1) is 0 Å². The summed E-state index contributed by atoms with van der Waals surface area (Å²) < 4.78 is 9.98. The molecule has 0 spiro atoms. The van der Waals surface area contributed by atoms with Gasteiger partial charge >= 0.3 is 5.97 Å². The van der Waals surface area contributed by atoms with Gasteiger partial charge in [0.1, 0.15) is 10.6 Å². The monoisotopic (exact) mass is 272 g/mol. The van der Waals surface area contributed by atoms with Gasteiger partial charge in [0.25, 0.3) is 0 Å². The normalized spacial score (nSPS) is 11.9. The van der Waals surface area contributed by atoms with E-state index in [2.05, 4.69) is 15.9 Å². The molecule has 4 heteroatoms. The Labute approximate surface area is 97.5 Å². The zero-order chi connectivity index (χ0) is 11.3. The molecule has 1 aromatic rings. The van der Waals surface area contributed by atoms with E-state index in [1.807, 2.05) is 18.2 Å². The molecule has 1 atom stereocenters. The van der Waals surface area contributed by atoms with Gasteiger partial charge in [0.15, 0.2) is 0 Å². The molecule has 0 N–H and O–H groups in total. The molecular weight excluding hydrogens is 260 g/mol. The summed E-state index contributed by atoms with van der Waals surface area (Å²) in [6.07, 6.45) is 0. The summed E-state index contributed by atoms with van der Waals surface area (Å²) in [7, 11) is 1.59. The Bertz CT molecular complexity index is 338. The van der Waals surface area contributed by atoms with Crippen LogP contribution in [0.15, 0.2) is 24.3 Å². The molecule has 15 heavy (non-hydrogen) atoms. The molecule has 0 aromatic heterocycles. The molecule has 0 aliphatic rings. The molecule has 1 aromatic carbocycles. The van der Waals surface area contributed by atoms with Crippen molar-refractivity contribution < 1.29 is 14.3 Å². The number of benzene rings is 1. The lowest BCUT2D eigenvalue weighted by atomic mass is 10.1. The van der Waals surface area contributed by atoms with Crippen LogP contribution in [0.2, 0.25) is 0 Å². The van der Waals surface area contributed by atoms with Crippen LogP contribution in [-0.2, 0) is 9.53 Å². The smallest absolute Gasteiger partial charge is 0.324 e. The minimum absolute atomic E-state index is 0.286. The first-order chi connectivity index (χ1) is 7.19. The lowest BCUT2D eigenvalue weighted by Crippen LogP contribution is -2.10. The van der Waals surface area contributed by atoms with Gasteiger partial charge in [0.2, 0.25) is 0 Å². The maximum atomic E-state index is 11.4. The molecule has 0 aliphatic carbocycles. The number of carbonyl (C=O) groups excluding carboxylic acids is 1.